The van der Waals surface area contributed by atoms with E-state index in [0.29, 0.717) is 5.02 Å². The van der Waals surface area contributed by atoms with Crippen LogP contribution in [0.15, 0.2) is 47.4 Å². The molecule has 0 radical (unpaired) electrons. The van der Waals surface area contributed by atoms with Gasteiger partial charge in [-0.3, -0.25) is 0 Å². The van der Waals surface area contributed by atoms with Crippen LogP contribution in [-0.2, 0) is 22.9 Å². The van der Waals surface area contributed by atoms with E-state index in [2.05, 4.69) is 16.9 Å². The van der Waals surface area contributed by atoms with Gasteiger partial charge in [0.15, 0.2) is 0 Å². The highest BCUT2D eigenvalue weighted by atomic mass is 35.5. The zero-order chi connectivity index (χ0) is 16.4. The highest BCUT2D eigenvalue weighted by Gasteiger charge is 2.19. The largest absolute Gasteiger partial charge is 0.241 e. The van der Waals surface area contributed by atoms with Gasteiger partial charge >= 0.3 is 0 Å². The molecule has 122 valence electrons. The number of benzene rings is 2. The van der Waals surface area contributed by atoms with Gasteiger partial charge in [-0.25, -0.2) is 13.1 Å². The van der Waals surface area contributed by atoms with Gasteiger partial charge in [-0.05, 0) is 73.6 Å². The first kappa shape index (κ1) is 16.5. The summed E-state index contributed by atoms with van der Waals surface area (Å²) in [5.41, 5.74) is 3.75. The number of nitrogens with one attached hydrogen (secondary N) is 1. The van der Waals surface area contributed by atoms with Crippen LogP contribution in [0.1, 0.15) is 42.5 Å². The van der Waals surface area contributed by atoms with Crippen molar-refractivity contribution >= 4 is 21.6 Å². The molecule has 2 aromatic carbocycles. The van der Waals surface area contributed by atoms with Gasteiger partial charge in [-0.15, -0.1) is 0 Å². The second kappa shape index (κ2) is 6.63. The lowest BCUT2D eigenvalue weighted by Gasteiger charge is -2.20. The summed E-state index contributed by atoms with van der Waals surface area (Å²) in [5.74, 6) is 0. The molecule has 0 heterocycles. The fourth-order valence-electron chi connectivity index (χ4n) is 3.01. The number of aryl methyl sites for hydroxylation is 2. The summed E-state index contributed by atoms with van der Waals surface area (Å²) in [5, 5.41) is 0.520. The number of halogens is 1. The molecule has 1 unspecified atom stereocenters. The Hall–Kier alpha value is -1.36. The van der Waals surface area contributed by atoms with Crippen LogP contribution in [0.2, 0.25) is 5.02 Å². The number of sulfonamides is 1. The second-order valence-electron chi connectivity index (χ2n) is 6.03. The third-order valence-electron chi connectivity index (χ3n) is 4.33. The quantitative estimate of drug-likeness (QED) is 0.896. The SMILES string of the molecule is CC(NS(=O)(=O)c1ccc(Cl)cc1)c1ccc2c(c1)CCCC2. The lowest BCUT2D eigenvalue weighted by Crippen LogP contribution is -2.27. The van der Waals surface area contributed by atoms with E-state index in [1.807, 2.05) is 13.0 Å². The molecule has 23 heavy (non-hydrogen) atoms. The van der Waals surface area contributed by atoms with Crippen molar-refractivity contribution in [3.8, 4) is 0 Å². The summed E-state index contributed by atoms with van der Waals surface area (Å²) >= 11 is 5.82. The summed E-state index contributed by atoms with van der Waals surface area (Å²) in [6.07, 6.45) is 4.66. The molecule has 1 aliphatic carbocycles. The number of fused-ring (bicyclic) bond motifs is 1. The monoisotopic (exact) mass is 349 g/mol. The van der Waals surface area contributed by atoms with Gasteiger partial charge < -0.3 is 0 Å². The molecule has 0 spiro atoms. The van der Waals surface area contributed by atoms with Crippen LogP contribution in [-0.4, -0.2) is 8.42 Å². The molecule has 3 nitrogen and oxygen atoms in total. The Morgan fingerprint density at radius 3 is 2.35 bits per heavy atom. The third-order valence-corrected chi connectivity index (χ3v) is 6.14. The molecular formula is C18H20ClNO2S. The Kier molecular flexibility index (Phi) is 4.76. The van der Waals surface area contributed by atoms with Gasteiger partial charge in [0.1, 0.15) is 0 Å². The molecule has 0 bridgehead atoms. The Balaban J connectivity index is 1.80. The summed E-state index contributed by atoms with van der Waals surface area (Å²) < 4.78 is 27.7. The highest BCUT2D eigenvalue weighted by Crippen LogP contribution is 2.25. The molecule has 0 saturated carbocycles. The van der Waals surface area contributed by atoms with E-state index >= 15 is 0 Å². The van der Waals surface area contributed by atoms with Gasteiger partial charge in [-0.1, -0.05) is 29.8 Å². The standard InChI is InChI=1S/C18H20ClNO2S/c1-13(15-7-6-14-4-2-3-5-16(14)12-15)20-23(21,22)18-10-8-17(19)9-11-18/h6-13,20H,2-5H2,1H3. The molecule has 1 aliphatic rings. The second-order valence-corrected chi connectivity index (χ2v) is 8.18. The van der Waals surface area contributed by atoms with Gasteiger partial charge in [0, 0.05) is 11.1 Å². The topological polar surface area (TPSA) is 46.2 Å². The predicted molar refractivity (Wildman–Crippen MR) is 93.3 cm³/mol. The zero-order valence-corrected chi connectivity index (χ0v) is 14.6. The summed E-state index contributed by atoms with van der Waals surface area (Å²) in [6, 6.07) is 12.2. The fourth-order valence-corrected chi connectivity index (χ4v) is 4.36. The van der Waals surface area contributed by atoms with Crippen LogP contribution in [0.4, 0.5) is 0 Å². The van der Waals surface area contributed by atoms with Gasteiger partial charge in [-0.2, -0.15) is 0 Å². The van der Waals surface area contributed by atoms with E-state index in [-0.39, 0.29) is 10.9 Å². The van der Waals surface area contributed by atoms with E-state index in [9.17, 15) is 8.42 Å². The molecule has 0 aromatic heterocycles. The average molecular weight is 350 g/mol. The first-order valence-corrected chi connectivity index (χ1v) is 9.71. The predicted octanol–water partition coefficient (Wildman–Crippen LogP) is 4.26. The minimum Gasteiger partial charge on any atom is -0.207 e. The molecule has 0 saturated heterocycles. The molecular weight excluding hydrogens is 330 g/mol. The van der Waals surface area contributed by atoms with Crippen molar-refractivity contribution in [1.29, 1.82) is 0 Å². The summed E-state index contributed by atoms with van der Waals surface area (Å²) in [4.78, 5) is 0.228. The molecule has 5 heteroatoms. The minimum atomic E-state index is -3.55. The van der Waals surface area contributed by atoms with E-state index in [4.69, 9.17) is 11.6 Å². The maximum atomic E-state index is 12.5. The van der Waals surface area contributed by atoms with Crippen molar-refractivity contribution < 1.29 is 8.42 Å². The molecule has 1 atom stereocenters. The zero-order valence-electron chi connectivity index (χ0n) is 13.0. The number of hydrogen-bond acceptors (Lipinski definition) is 2. The summed E-state index contributed by atoms with van der Waals surface area (Å²) in [7, 11) is -3.55. The van der Waals surface area contributed by atoms with Crippen molar-refractivity contribution in [2.75, 3.05) is 0 Å². The van der Waals surface area contributed by atoms with Crippen molar-refractivity contribution in [2.24, 2.45) is 0 Å². The maximum absolute atomic E-state index is 12.5. The lowest BCUT2D eigenvalue weighted by molar-refractivity contribution is 0.566. The lowest BCUT2D eigenvalue weighted by atomic mass is 9.89. The van der Waals surface area contributed by atoms with E-state index < -0.39 is 10.0 Å². The van der Waals surface area contributed by atoms with Crippen molar-refractivity contribution in [2.45, 2.75) is 43.5 Å². The van der Waals surface area contributed by atoms with Crippen LogP contribution in [0.25, 0.3) is 0 Å². The van der Waals surface area contributed by atoms with E-state index in [1.165, 1.54) is 36.1 Å². The minimum absolute atomic E-state index is 0.228. The van der Waals surface area contributed by atoms with Crippen LogP contribution < -0.4 is 4.72 Å². The molecule has 3 rings (SSSR count). The van der Waals surface area contributed by atoms with Crippen LogP contribution in [0, 0.1) is 0 Å². The molecule has 0 amide bonds. The van der Waals surface area contributed by atoms with Crippen molar-refractivity contribution in [1.82, 2.24) is 4.72 Å². The van der Waals surface area contributed by atoms with E-state index in [0.717, 1.165) is 18.4 Å². The van der Waals surface area contributed by atoms with Crippen LogP contribution >= 0.6 is 11.6 Å². The van der Waals surface area contributed by atoms with Crippen molar-refractivity contribution in [3.05, 3.63) is 64.2 Å². The van der Waals surface area contributed by atoms with E-state index in [1.54, 1.807) is 12.1 Å². The molecule has 0 fully saturated rings. The van der Waals surface area contributed by atoms with Crippen LogP contribution in [0.5, 0.6) is 0 Å². The van der Waals surface area contributed by atoms with Gasteiger partial charge in [0.2, 0.25) is 10.0 Å². The third kappa shape index (κ3) is 3.77. The highest BCUT2D eigenvalue weighted by molar-refractivity contribution is 7.89. The Bertz CT molecular complexity index is 800. The normalized spacial score (nSPS) is 15.9. The first-order valence-electron chi connectivity index (χ1n) is 7.85. The number of rotatable bonds is 4. The van der Waals surface area contributed by atoms with Crippen molar-refractivity contribution in [3.63, 3.8) is 0 Å². The first-order chi connectivity index (χ1) is 11.0. The molecule has 2 aromatic rings. The van der Waals surface area contributed by atoms with Gasteiger partial charge in [0.25, 0.3) is 0 Å². The molecule has 1 N–H and O–H groups in total. The molecule has 0 aliphatic heterocycles. The number of hydrogen-bond donors (Lipinski definition) is 1. The Labute approximate surface area is 142 Å². The maximum Gasteiger partial charge on any atom is 0.241 e. The average Bonchev–Trinajstić information content (AvgIpc) is 2.54. The smallest absolute Gasteiger partial charge is 0.207 e. The Morgan fingerprint density at radius 1 is 1.00 bits per heavy atom. The summed E-state index contributed by atoms with van der Waals surface area (Å²) in [6.45, 7) is 1.87. The van der Waals surface area contributed by atoms with Gasteiger partial charge in [0.05, 0.1) is 4.90 Å². The van der Waals surface area contributed by atoms with Crippen LogP contribution in [0.3, 0.4) is 0 Å². The fraction of sp³-hybridized carbons (Fsp3) is 0.333. The Morgan fingerprint density at radius 2 is 1.65 bits per heavy atom.